The van der Waals surface area contributed by atoms with Crippen LogP contribution in [0.5, 0.6) is 11.8 Å². The lowest BCUT2D eigenvalue weighted by Gasteiger charge is -2.30. The van der Waals surface area contributed by atoms with Gasteiger partial charge in [-0.3, -0.25) is 0 Å². The minimum Gasteiger partial charge on any atom is -0.477 e. The van der Waals surface area contributed by atoms with Gasteiger partial charge in [0.25, 0.3) is 0 Å². The standard InChI is InChI=1S/2C28H26ClFN4O4S/c29-19-5-4-18(21(30)13-19)16-38-26-3-1-2-24(31-26)33-9-6-17(7-10-33)12-25-32-27-22(14-23(39-27)28(35)36)34(25)15-20-8-11-37-20;29-19-5-4-18(21(30)13-19)16-38-26-3-1-2-24(32-26)33-9-6-17(7-10-33)12-25-31-22-14-23(28(35)36)39-27(22)34(25)15-20-8-11-37-20/h2*1-5,12-14,20H,6-11,15-16H2,(H,35,36)/t2*20-/m00/s1. The summed E-state index contributed by atoms with van der Waals surface area (Å²) in [5, 5.41) is 19.5. The maximum Gasteiger partial charge on any atom is 0.346 e. The Kier molecular flexibility index (Phi) is 16.0. The summed E-state index contributed by atoms with van der Waals surface area (Å²) in [6.07, 6.45) is 9.92. The van der Waals surface area contributed by atoms with Crippen LogP contribution in [-0.4, -0.2) is 103 Å². The van der Waals surface area contributed by atoms with Crippen molar-refractivity contribution in [3.8, 4) is 11.8 Å². The third-order valence-corrected chi connectivity index (χ3v) is 16.6. The molecule has 0 saturated carbocycles. The van der Waals surface area contributed by atoms with Gasteiger partial charge in [-0.2, -0.15) is 9.97 Å². The Bertz CT molecular complexity index is 3340. The monoisotopic (exact) mass is 1140 g/mol. The highest BCUT2D eigenvalue weighted by Gasteiger charge is 2.27. The van der Waals surface area contributed by atoms with E-state index in [1.807, 2.05) is 24.3 Å². The summed E-state index contributed by atoms with van der Waals surface area (Å²) in [5.41, 5.74) is 4.95. The normalized spacial score (nSPS) is 17.3. The number of fused-ring (bicyclic) bond motifs is 2. The molecular weight excluding hydrogens is 1090 g/mol. The van der Waals surface area contributed by atoms with Crippen LogP contribution in [0.1, 0.15) is 80.6 Å². The Balaban J connectivity index is 0.000000165. The summed E-state index contributed by atoms with van der Waals surface area (Å²) in [6, 6.07) is 23.6. The Morgan fingerprint density at radius 1 is 0.641 bits per heavy atom. The van der Waals surface area contributed by atoms with Gasteiger partial charge < -0.3 is 48.1 Å². The number of carboxylic acids is 2. The first kappa shape index (κ1) is 53.1. The number of carboxylic acid groups (broad SMARTS) is 2. The van der Waals surface area contributed by atoms with Crippen molar-refractivity contribution in [2.75, 3.05) is 49.2 Å². The van der Waals surface area contributed by atoms with E-state index in [9.17, 15) is 28.6 Å². The molecule has 10 heterocycles. The first-order valence-electron chi connectivity index (χ1n) is 25.5. The number of benzene rings is 2. The van der Waals surface area contributed by atoms with E-state index in [1.165, 1.54) is 46.0 Å². The van der Waals surface area contributed by atoms with Crippen molar-refractivity contribution in [1.29, 1.82) is 0 Å². The molecule has 0 radical (unpaired) electrons. The number of ether oxygens (including phenoxy) is 4. The van der Waals surface area contributed by atoms with E-state index < -0.39 is 23.6 Å². The molecule has 6 aromatic heterocycles. The molecule has 12 rings (SSSR count). The van der Waals surface area contributed by atoms with E-state index in [0.717, 1.165) is 116 Å². The Hall–Kier alpha value is -6.94. The molecule has 404 valence electrons. The van der Waals surface area contributed by atoms with Crippen LogP contribution >= 0.6 is 45.9 Å². The number of nitrogens with zero attached hydrogens (tertiary/aromatic N) is 8. The summed E-state index contributed by atoms with van der Waals surface area (Å²) < 4.78 is 55.2. The summed E-state index contributed by atoms with van der Waals surface area (Å²) in [4.78, 5) is 48.3. The largest absolute Gasteiger partial charge is 0.477 e. The molecule has 0 amide bonds. The zero-order chi connectivity index (χ0) is 53.9. The smallest absolute Gasteiger partial charge is 0.346 e. The van der Waals surface area contributed by atoms with Crippen molar-refractivity contribution < 1.29 is 47.5 Å². The number of pyridine rings is 2. The van der Waals surface area contributed by atoms with E-state index in [4.69, 9.17) is 52.1 Å². The fourth-order valence-corrected chi connectivity index (χ4v) is 11.7. The Labute approximate surface area is 464 Å². The quantitative estimate of drug-likeness (QED) is 0.0933. The zero-order valence-electron chi connectivity index (χ0n) is 42.0. The molecular formula is C56H52Cl2F2N8O8S2. The number of rotatable bonds is 16. The number of anilines is 2. The molecule has 4 aliphatic rings. The molecule has 0 aliphatic carbocycles. The van der Waals surface area contributed by atoms with Gasteiger partial charge in [-0.05, 0) is 99.2 Å². The molecule has 0 unspecified atom stereocenters. The number of aromatic carboxylic acids is 2. The van der Waals surface area contributed by atoms with E-state index in [-0.39, 0.29) is 25.4 Å². The summed E-state index contributed by atoms with van der Waals surface area (Å²) in [6.45, 7) is 6.14. The highest BCUT2D eigenvalue weighted by atomic mass is 35.5. The van der Waals surface area contributed by atoms with Crippen LogP contribution in [0, 0.1) is 11.6 Å². The topological polar surface area (TPSA) is 179 Å². The van der Waals surface area contributed by atoms with Gasteiger partial charge in [0.2, 0.25) is 11.8 Å². The van der Waals surface area contributed by atoms with Gasteiger partial charge in [-0.1, -0.05) is 58.6 Å². The Morgan fingerprint density at radius 3 is 1.60 bits per heavy atom. The van der Waals surface area contributed by atoms with Crippen LogP contribution in [0.15, 0.2) is 96.1 Å². The van der Waals surface area contributed by atoms with Crippen LogP contribution in [0.3, 0.4) is 0 Å². The predicted molar refractivity (Wildman–Crippen MR) is 297 cm³/mol. The average Bonchev–Trinajstić information content (AvgIpc) is 4.21. The molecule has 2 N–H and O–H groups in total. The second kappa shape index (κ2) is 23.6. The van der Waals surface area contributed by atoms with Crippen molar-refractivity contribution in [3.63, 3.8) is 0 Å². The summed E-state index contributed by atoms with van der Waals surface area (Å²) >= 11 is 14.1. The molecule has 4 saturated heterocycles. The number of aromatic nitrogens is 6. The van der Waals surface area contributed by atoms with Crippen molar-refractivity contribution in [2.24, 2.45) is 0 Å². The SMILES string of the molecule is O=C(O)c1cc2c(nc(C=C3CCN(c4cccc(OCc5ccc(Cl)cc5F)n4)CC3)n2C[C@@H]2CCO2)s1.O=C(O)c1cc2nc(C=C3CCN(c4cccc(OCc5ccc(Cl)cc5F)n4)CC3)n(C[C@@H]3CCO3)c2s1. The van der Waals surface area contributed by atoms with Crippen LogP contribution in [0.2, 0.25) is 10.0 Å². The second-order valence-corrected chi connectivity index (χ2v) is 22.2. The van der Waals surface area contributed by atoms with Crippen molar-refractivity contribution >= 4 is 102 Å². The van der Waals surface area contributed by atoms with Crippen LogP contribution in [-0.2, 0) is 35.8 Å². The van der Waals surface area contributed by atoms with E-state index >= 15 is 0 Å². The summed E-state index contributed by atoms with van der Waals surface area (Å²) in [7, 11) is 0. The minimum absolute atomic E-state index is 0.0658. The third-order valence-electron chi connectivity index (χ3n) is 14.0. The van der Waals surface area contributed by atoms with Crippen LogP contribution in [0.4, 0.5) is 20.4 Å². The highest BCUT2D eigenvalue weighted by molar-refractivity contribution is 7.20. The Morgan fingerprint density at radius 2 is 1.13 bits per heavy atom. The van der Waals surface area contributed by atoms with E-state index in [1.54, 1.807) is 48.5 Å². The maximum absolute atomic E-state index is 14.1. The lowest BCUT2D eigenvalue weighted by atomic mass is 10.0. The van der Waals surface area contributed by atoms with Gasteiger partial charge >= 0.3 is 11.9 Å². The molecule has 2 aromatic carbocycles. The molecule has 0 bridgehead atoms. The average molecular weight is 1140 g/mol. The molecule has 2 atom stereocenters. The second-order valence-electron chi connectivity index (χ2n) is 19.2. The van der Waals surface area contributed by atoms with Crippen molar-refractivity contribution in [3.05, 3.63) is 150 Å². The van der Waals surface area contributed by atoms with Gasteiger partial charge in [0.1, 0.15) is 73.1 Å². The molecule has 4 aliphatic heterocycles. The van der Waals surface area contributed by atoms with Crippen LogP contribution in [0.25, 0.3) is 32.8 Å². The minimum atomic E-state index is -0.933. The van der Waals surface area contributed by atoms with E-state index in [0.29, 0.717) is 61.3 Å². The molecule has 0 spiro atoms. The van der Waals surface area contributed by atoms with Gasteiger partial charge in [0.15, 0.2) is 0 Å². The van der Waals surface area contributed by atoms with Gasteiger partial charge in [-0.15, -0.1) is 22.7 Å². The van der Waals surface area contributed by atoms with Crippen molar-refractivity contribution in [1.82, 2.24) is 29.1 Å². The lowest BCUT2D eigenvalue weighted by molar-refractivity contribution is -0.0588. The van der Waals surface area contributed by atoms with Gasteiger partial charge in [0, 0.05) is 72.7 Å². The summed E-state index contributed by atoms with van der Waals surface area (Å²) in [5.74, 6) is 1.50. The number of hydrogen-bond acceptors (Lipinski definition) is 14. The number of hydrogen-bond donors (Lipinski definition) is 2. The van der Waals surface area contributed by atoms with Crippen LogP contribution < -0.4 is 19.3 Å². The van der Waals surface area contributed by atoms with Gasteiger partial charge in [0.05, 0.1) is 30.8 Å². The molecule has 22 heteroatoms. The number of halogens is 4. The number of carbonyl (C=O) groups is 2. The first-order chi connectivity index (χ1) is 37.8. The number of thiophene rings is 2. The van der Waals surface area contributed by atoms with E-state index in [2.05, 4.69) is 41.1 Å². The molecule has 78 heavy (non-hydrogen) atoms. The maximum atomic E-state index is 14.1. The van der Waals surface area contributed by atoms with Crippen molar-refractivity contribution in [2.45, 2.75) is 77.0 Å². The third kappa shape index (κ3) is 12.3. The fraction of sp³-hybridized carbons (Fsp3) is 0.321. The number of imidazole rings is 2. The fourth-order valence-electron chi connectivity index (χ4n) is 9.53. The number of piperidine rings is 2. The molecule has 8 aromatic rings. The first-order valence-corrected chi connectivity index (χ1v) is 27.9. The zero-order valence-corrected chi connectivity index (χ0v) is 45.1. The predicted octanol–water partition coefficient (Wildman–Crippen LogP) is 12.1. The highest BCUT2D eigenvalue weighted by Crippen LogP contribution is 2.34. The molecule has 16 nitrogen and oxygen atoms in total. The van der Waals surface area contributed by atoms with Gasteiger partial charge in [-0.25, -0.2) is 28.3 Å². The lowest BCUT2D eigenvalue weighted by Crippen LogP contribution is -2.32. The molecule has 4 fully saturated rings.